The van der Waals surface area contributed by atoms with Gasteiger partial charge in [0, 0.05) is 23.1 Å². The average molecular weight is 257 g/mol. The summed E-state index contributed by atoms with van der Waals surface area (Å²) < 4.78 is 5.28. The first-order valence-electron chi connectivity index (χ1n) is 5.52. The van der Waals surface area contributed by atoms with E-state index in [9.17, 15) is 0 Å². The van der Waals surface area contributed by atoms with Crippen LogP contribution in [-0.2, 0) is 6.54 Å². The van der Waals surface area contributed by atoms with Crippen molar-refractivity contribution in [2.24, 2.45) is 5.73 Å². The Kier molecular flexibility index (Phi) is 2.92. The lowest BCUT2D eigenvalue weighted by atomic mass is 10.1. The van der Waals surface area contributed by atoms with Crippen LogP contribution in [0.25, 0.3) is 22.8 Å². The van der Waals surface area contributed by atoms with Gasteiger partial charge in [0.1, 0.15) is 0 Å². The molecule has 0 fully saturated rings. The number of aromatic nitrogens is 2. The zero-order chi connectivity index (χ0) is 12.4. The van der Waals surface area contributed by atoms with Crippen LogP contribution in [0, 0.1) is 0 Å². The van der Waals surface area contributed by atoms with Crippen molar-refractivity contribution in [3.05, 3.63) is 46.7 Å². The molecule has 0 radical (unpaired) electrons. The highest BCUT2D eigenvalue weighted by atomic mass is 32.1. The largest absolute Gasteiger partial charge is 0.334 e. The zero-order valence-corrected chi connectivity index (χ0v) is 10.4. The van der Waals surface area contributed by atoms with E-state index in [1.807, 2.05) is 41.1 Å². The van der Waals surface area contributed by atoms with Gasteiger partial charge in [0.25, 0.3) is 5.89 Å². The van der Waals surface area contributed by atoms with Crippen LogP contribution in [0.5, 0.6) is 0 Å². The summed E-state index contributed by atoms with van der Waals surface area (Å²) >= 11 is 1.61. The van der Waals surface area contributed by atoms with Crippen LogP contribution >= 0.6 is 11.3 Å². The third-order valence-electron chi connectivity index (χ3n) is 2.62. The van der Waals surface area contributed by atoms with Gasteiger partial charge in [-0.3, -0.25) is 0 Å². The molecule has 0 atom stereocenters. The molecule has 0 saturated carbocycles. The molecule has 90 valence electrons. The van der Waals surface area contributed by atoms with Gasteiger partial charge in [-0.05, 0) is 29.1 Å². The number of nitrogens with zero attached hydrogens (tertiary/aromatic N) is 2. The Morgan fingerprint density at radius 1 is 1.22 bits per heavy atom. The predicted molar refractivity (Wildman–Crippen MR) is 70.9 cm³/mol. The monoisotopic (exact) mass is 257 g/mol. The Labute approximate surface area is 108 Å². The molecule has 0 amide bonds. The molecular formula is C13H11N3OS. The van der Waals surface area contributed by atoms with E-state index in [2.05, 4.69) is 10.1 Å². The lowest BCUT2D eigenvalue weighted by Gasteiger charge is -1.97. The average Bonchev–Trinajstić information content (AvgIpc) is 3.09. The van der Waals surface area contributed by atoms with Crippen LogP contribution in [0.15, 0.2) is 45.6 Å². The Morgan fingerprint density at radius 3 is 2.94 bits per heavy atom. The molecule has 5 heteroatoms. The minimum absolute atomic E-state index is 0.499. The molecule has 0 aliphatic carbocycles. The number of nitrogens with two attached hydrogens (primary N) is 1. The van der Waals surface area contributed by atoms with Crippen LogP contribution in [0.1, 0.15) is 5.56 Å². The van der Waals surface area contributed by atoms with Gasteiger partial charge in [0.2, 0.25) is 5.82 Å². The van der Waals surface area contributed by atoms with Crippen LogP contribution in [0.4, 0.5) is 0 Å². The van der Waals surface area contributed by atoms with Gasteiger partial charge in [-0.25, -0.2) is 0 Å². The molecule has 3 rings (SSSR count). The number of benzene rings is 1. The second-order valence-electron chi connectivity index (χ2n) is 3.84. The van der Waals surface area contributed by atoms with Gasteiger partial charge in [-0.15, -0.1) is 0 Å². The van der Waals surface area contributed by atoms with E-state index in [1.54, 1.807) is 11.3 Å². The standard InChI is InChI=1S/C13H11N3OS/c14-7-9-2-1-3-10(6-9)13-15-12(16-17-13)11-4-5-18-8-11/h1-6,8H,7,14H2. The maximum absolute atomic E-state index is 5.61. The van der Waals surface area contributed by atoms with E-state index in [4.69, 9.17) is 10.3 Å². The molecular weight excluding hydrogens is 246 g/mol. The third-order valence-corrected chi connectivity index (χ3v) is 3.30. The molecule has 1 aromatic carbocycles. The summed E-state index contributed by atoms with van der Waals surface area (Å²) in [5, 5.41) is 7.96. The summed E-state index contributed by atoms with van der Waals surface area (Å²) in [6, 6.07) is 9.77. The predicted octanol–water partition coefficient (Wildman–Crippen LogP) is 2.92. The first-order valence-corrected chi connectivity index (χ1v) is 6.47. The minimum atomic E-state index is 0.499. The molecule has 2 heterocycles. The zero-order valence-electron chi connectivity index (χ0n) is 9.54. The minimum Gasteiger partial charge on any atom is -0.334 e. The molecule has 0 spiro atoms. The summed E-state index contributed by atoms with van der Waals surface area (Å²) in [5.41, 5.74) is 8.53. The number of rotatable bonds is 3. The van der Waals surface area contributed by atoms with Crippen molar-refractivity contribution >= 4 is 11.3 Å². The van der Waals surface area contributed by atoms with Gasteiger partial charge in [0.05, 0.1) is 0 Å². The van der Waals surface area contributed by atoms with Crippen LogP contribution in [0.3, 0.4) is 0 Å². The fourth-order valence-corrected chi connectivity index (χ4v) is 2.32. The highest BCUT2D eigenvalue weighted by Crippen LogP contribution is 2.24. The highest BCUT2D eigenvalue weighted by molar-refractivity contribution is 7.08. The van der Waals surface area contributed by atoms with Crippen molar-refractivity contribution < 1.29 is 4.52 Å². The quantitative estimate of drug-likeness (QED) is 0.783. The van der Waals surface area contributed by atoms with Gasteiger partial charge in [0.15, 0.2) is 0 Å². The Hall–Kier alpha value is -1.98. The maximum Gasteiger partial charge on any atom is 0.258 e. The van der Waals surface area contributed by atoms with Crippen LogP contribution in [0.2, 0.25) is 0 Å². The highest BCUT2D eigenvalue weighted by Gasteiger charge is 2.10. The first-order chi connectivity index (χ1) is 8.86. The molecule has 2 N–H and O–H groups in total. The normalized spacial score (nSPS) is 10.7. The lowest BCUT2D eigenvalue weighted by Crippen LogP contribution is -1.95. The summed E-state index contributed by atoms with van der Waals surface area (Å²) in [5.74, 6) is 1.14. The molecule has 18 heavy (non-hydrogen) atoms. The van der Waals surface area contributed by atoms with E-state index < -0.39 is 0 Å². The smallest absolute Gasteiger partial charge is 0.258 e. The summed E-state index contributed by atoms with van der Waals surface area (Å²) in [6.45, 7) is 0.499. The molecule has 2 aromatic heterocycles. The van der Waals surface area contributed by atoms with E-state index in [-0.39, 0.29) is 0 Å². The molecule has 0 aliphatic rings. The van der Waals surface area contributed by atoms with E-state index in [0.717, 1.165) is 16.7 Å². The number of thiophene rings is 1. The van der Waals surface area contributed by atoms with Gasteiger partial charge in [-0.1, -0.05) is 17.3 Å². The van der Waals surface area contributed by atoms with Crippen molar-refractivity contribution in [2.45, 2.75) is 6.54 Å². The Morgan fingerprint density at radius 2 is 2.17 bits per heavy atom. The molecule has 0 saturated heterocycles. The van der Waals surface area contributed by atoms with Gasteiger partial charge in [-0.2, -0.15) is 16.3 Å². The van der Waals surface area contributed by atoms with Crippen molar-refractivity contribution in [1.29, 1.82) is 0 Å². The number of hydrogen-bond donors (Lipinski definition) is 1. The van der Waals surface area contributed by atoms with Crippen molar-refractivity contribution in [3.63, 3.8) is 0 Å². The van der Waals surface area contributed by atoms with Gasteiger partial charge < -0.3 is 10.3 Å². The topological polar surface area (TPSA) is 64.9 Å². The molecule has 0 bridgehead atoms. The van der Waals surface area contributed by atoms with E-state index in [1.165, 1.54) is 0 Å². The molecule has 0 aliphatic heterocycles. The fourth-order valence-electron chi connectivity index (χ4n) is 1.68. The Bertz CT molecular complexity index is 646. The number of hydrogen-bond acceptors (Lipinski definition) is 5. The van der Waals surface area contributed by atoms with E-state index >= 15 is 0 Å². The SMILES string of the molecule is NCc1cccc(-c2nc(-c3ccsc3)no2)c1. The fraction of sp³-hybridized carbons (Fsp3) is 0.0769. The van der Waals surface area contributed by atoms with E-state index in [0.29, 0.717) is 18.3 Å². The van der Waals surface area contributed by atoms with Crippen molar-refractivity contribution in [1.82, 2.24) is 10.1 Å². The van der Waals surface area contributed by atoms with Crippen molar-refractivity contribution in [3.8, 4) is 22.8 Å². The summed E-state index contributed by atoms with van der Waals surface area (Å²) in [4.78, 5) is 4.39. The molecule has 4 nitrogen and oxygen atoms in total. The summed E-state index contributed by atoms with van der Waals surface area (Å²) in [7, 11) is 0. The van der Waals surface area contributed by atoms with Crippen LogP contribution in [-0.4, -0.2) is 10.1 Å². The van der Waals surface area contributed by atoms with Crippen molar-refractivity contribution in [2.75, 3.05) is 0 Å². The lowest BCUT2D eigenvalue weighted by molar-refractivity contribution is 0.432. The van der Waals surface area contributed by atoms with Gasteiger partial charge >= 0.3 is 0 Å². The Balaban J connectivity index is 1.97. The third kappa shape index (κ3) is 2.05. The summed E-state index contributed by atoms with van der Waals surface area (Å²) in [6.07, 6.45) is 0. The second-order valence-corrected chi connectivity index (χ2v) is 4.62. The van der Waals surface area contributed by atoms with Crippen LogP contribution < -0.4 is 5.73 Å². The molecule has 0 unspecified atom stereocenters. The first kappa shape index (κ1) is 11.1. The molecule has 3 aromatic rings. The maximum atomic E-state index is 5.61. The second kappa shape index (κ2) is 4.72.